The van der Waals surface area contributed by atoms with Crippen molar-refractivity contribution in [3.8, 4) is 0 Å². The van der Waals surface area contributed by atoms with Gasteiger partial charge in [0.05, 0.1) is 11.5 Å². The zero-order valence-electron chi connectivity index (χ0n) is 16.6. The molecule has 0 heterocycles. The van der Waals surface area contributed by atoms with E-state index in [1.165, 1.54) is 17.3 Å². The number of carbonyl (C=O) groups excluding carboxylic acids is 1. The van der Waals surface area contributed by atoms with E-state index in [9.17, 15) is 13.2 Å². The molecule has 7 heteroatoms. The molecule has 0 radical (unpaired) electrons. The van der Waals surface area contributed by atoms with Gasteiger partial charge >= 0.3 is 0 Å². The molecule has 152 valence electrons. The van der Waals surface area contributed by atoms with Crippen LogP contribution in [-0.4, -0.2) is 32.4 Å². The quantitative estimate of drug-likeness (QED) is 0.610. The summed E-state index contributed by atoms with van der Waals surface area (Å²) < 4.78 is 26.6. The molecule has 2 aromatic rings. The summed E-state index contributed by atoms with van der Waals surface area (Å²) in [6.07, 6.45) is 0. The Morgan fingerprint density at radius 2 is 1.64 bits per heavy atom. The highest BCUT2D eigenvalue weighted by Gasteiger charge is 2.13. The van der Waals surface area contributed by atoms with Gasteiger partial charge in [0.2, 0.25) is 15.9 Å². The topological polar surface area (TPSA) is 75.3 Å². The molecule has 0 atom stereocenters. The van der Waals surface area contributed by atoms with Crippen molar-refractivity contribution in [3.05, 3.63) is 65.7 Å². The molecule has 0 aliphatic rings. The van der Waals surface area contributed by atoms with Crippen molar-refractivity contribution in [2.75, 3.05) is 18.1 Å². The minimum absolute atomic E-state index is 0.0898. The van der Waals surface area contributed by atoms with Crippen LogP contribution in [0.2, 0.25) is 0 Å². The maximum atomic E-state index is 12.0. The highest BCUT2D eigenvalue weighted by atomic mass is 32.2. The van der Waals surface area contributed by atoms with Gasteiger partial charge in [-0.2, -0.15) is 0 Å². The van der Waals surface area contributed by atoms with Gasteiger partial charge in [0.1, 0.15) is 0 Å². The Balaban J connectivity index is 1.69. The van der Waals surface area contributed by atoms with E-state index in [0.717, 1.165) is 10.5 Å². The molecule has 2 aromatic carbocycles. The molecule has 0 aromatic heterocycles. The largest absolute Gasteiger partial charge is 0.354 e. The maximum absolute atomic E-state index is 12.0. The summed E-state index contributed by atoms with van der Waals surface area (Å²) in [5.41, 5.74) is 2.24. The predicted molar refractivity (Wildman–Crippen MR) is 116 cm³/mol. The Bertz CT molecular complexity index is 859. The van der Waals surface area contributed by atoms with Crippen molar-refractivity contribution < 1.29 is 13.2 Å². The third kappa shape index (κ3) is 8.04. The number of nitrogens with one attached hydrogen (secondary N) is 2. The third-order valence-electron chi connectivity index (χ3n) is 4.12. The molecule has 0 saturated carbocycles. The van der Waals surface area contributed by atoms with E-state index in [1.54, 1.807) is 0 Å². The number of carbonyl (C=O) groups is 1. The molecular formula is C21H28N2O3S2. The highest BCUT2D eigenvalue weighted by Crippen LogP contribution is 2.25. The smallest absolute Gasteiger partial charge is 0.230 e. The summed E-state index contributed by atoms with van der Waals surface area (Å²) in [5, 5.41) is 2.66. The van der Waals surface area contributed by atoms with Gasteiger partial charge < -0.3 is 5.32 Å². The first kappa shape index (κ1) is 22.5. The average Bonchev–Trinajstić information content (AvgIpc) is 2.65. The SMILES string of the molecule is CC(C)(C)c1ccc(SCC(=O)NCCS(=O)(=O)NCc2ccccc2)cc1. The van der Waals surface area contributed by atoms with Crippen LogP contribution in [0, 0.1) is 0 Å². The normalized spacial score (nSPS) is 12.0. The van der Waals surface area contributed by atoms with E-state index in [4.69, 9.17) is 0 Å². The monoisotopic (exact) mass is 420 g/mol. The zero-order chi connectivity index (χ0) is 20.6. The number of amides is 1. The number of thioether (sulfide) groups is 1. The highest BCUT2D eigenvalue weighted by molar-refractivity contribution is 8.00. The molecule has 2 N–H and O–H groups in total. The molecule has 0 bridgehead atoms. The van der Waals surface area contributed by atoms with Crippen LogP contribution in [0.25, 0.3) is 0 Å². The Morgan fingerprint density at radius 1 is 1.00 bits per heavy atom. The van der Waals surface area contributed by atoms with E-state index < -0.39 is 10.0 Å². The Kier molecular flexibility index (Phi) is 8.10. The first-order chi connectivity index (χ1) is 13.2. The molecule has 0 spiro atoms. The number of rotatable bonds is 9. The van der Waals surface area contributed by atoms with E-state index in [-0.39, 0.29) is 35.9 Å². The molecular weight excluding hydrogens is 392 g/mol. The van der Waals surface area contributed by atoms with Crippen molar-refractivity contribution in [3.63, 3.8) is 0 Å². The molecule has 5 nitrogen and oxygen atoms in total. The van der Waals surface area contributed by atoms with Crippen LogP contribution in [0.15, 0.2) is 59.5 Å². The second-order valence-corrected chi connectivity index (χ2v) is 10.5. The van der Waals surface area contributed by atoms with Gasteiger partial charge in [-0.15, -0.1) is 11.8 Å². The lowest BCUT2D eigenvalue weighted by atomic mass is 9.87. The van der Waals surface area contributed by atoms with E-state index in [2.05, 4.69) is 42.9 Å². The molecule has 28 heavy (non-hydrogen) atoms. The second-order valence-electron chi connectivity index (χ2n) is 7.54. The van der Waals surface area contributed by atoms with Crippen molar-refractivity contribution in [1.82, 2.24) is 10.0 Å². The van der Waals surface area contributed by atoms with Crippen LogP contribution in [0.4, 0.5) is 0 Å². The standard InChI is InChI=1S/C21H28N2O3S2/c1-21(2,3)18-9-11-19(12-10-18)27-16-20(24)22-13-14-28(25,26)23-15-17-7-5-4-6-8-17/h4-12,23H,13-16H2,1-3H3,(H,22,24). The average molecular weight is 421 g/mol. The lowest BCUT2D eigenvalue weighted by molar-refractivity contribution is -0.118. The predicted octanol–water partition coefficient (Wildman–Crippen LogP) is 3.31. The van der Waals surface area contributed by atoms with Gasteiger partial charge in [0.15, 0.2) is 0 Å². The molecule has 0 saturated heterocycles. The first-order valence-electron chi connectivity index (χ1n) is 9.17. The van der Waals surface area contributed by atoms with Crippen molar-refractivity contribution in [1.29, 1.82) is 0 Å². The summed E-state index contributed by atoms with van der Waals surface area (Å²) >= 11 is 1.44. The van der Waals surface area contributed by atoms with Crippen molar-refractivity contribution in [2.45, 2.75) is 37.6 Å². The number of sulfonamides is 1. The Labute approximate surface area is 172 Å². The minimum atomic E-state index is -3.43. The minimum Gasteiger partial charge on any atom is -0.354 e. The number of benzene rings is 2. The fraction of sp³-hybridized carbons (Fsp3) is 0.381. The fourth-order valence-electron chi connectivity index (χ4n) is 2.44. The van der Waals surface area contributed by atoms with Crippen LogP contribution < -0.4 is 10.0 Å². The van der Waals surface area contributed by atoms with Crippen LogP contribution in [0.3, 0.4) is 0 Å². The summed E-state index contributed by atoms with van der Waals surface area (Å²) in [6, 6.07) is 17.5. The Morgan fingerprint density at radius 3 is 2.25 bits per heavy atom. The number of hydrogen-bond acceptors (Lipinski definition) is 4. The second kappa shape index (κ2) is 10.1. The lowest BCUT2D eigenvalue weighted by Crippen LogP contribution is -2.34. The van der Waals surface area contributed by atoms with Gasteiger partial charge in [-0.3, -0.25) is 4.79 Å². The van der Waals surface area contributed by atoms with Crippen LogP contribution in [-0.2, 0) is 26.8 Å². The summed E-state index contributed by atoms with van der Waals surface area (Å²) in [4.78, 5) is 13.0. The fourth-order valence-corrected chi connectivity index (χ4v) is 4.07. The van der Waals surface area contributed by atoms with Gasteiger partial charge in [-0.05, 0) is 28.7 Å². The van der Waals surface area contributed by atoms with Crippen LogP contribution >= 0.6 is 11.8 Å². The molecule has 0 aliphatic heterocycles. The van der Waals surface area contributed by atoms with Gasteiger partial charge in [-0.1, -0.05) is 63.2 Å². The van der Waals surface area contributed by atoms with E-state index >= 15 is 0 Å². The van der Waals surface area contributed by atoms with E-state index in [0.29, 0.717) is 0 Å². The van der Waals surface area contributed by atoms with Gasteiger partial charge in [-0.25, -0.2) is 13.1 Å². The molecule has 0 aliphatic carbocycles. The Hall–Kier alpha value is -1.83. The zero-order valence-corrected chi connectivity index (χ0v) is 18.2. The van der Waals surface area contributed by atoms with Gasteiger partial charge in [0.25, 0.3) is 0 Å². The maximum Gasteiger partial charge on any atom is 0.230 e. The summed E-state index contributed by atoms with van der Waals surface area (Å²) in [7, 11) is -3.43. The molecule has 0 fully saturated rings. The van der Waals surface area contributed by atoms with Crippen LogP contribution in [0.5, 0.6) is 0 Å². The molecule has 0 unspecified atom stereocenters. The van der Waals surface area contributed by atoms with Crippen molar-refractivity contribution in [2.24, 2.45) is 0 Å². The van der Waals surface area contributed by atoms with Gasteiger partial charge in [0, 0.05) is 18.0 Å². The third-order valence-corrected chi connectivity index (χ3v) is 6.46. The summed E-state index contributed by atoms with van der Waals surface area (Å²) in [6.45, 7) is 6.81. The van der Waals surface area contributed by atoms with Crippen molar-refractivity contribution >= 4 is 27.7 Å². The number of hydrogen-bond donors (Lipinski definition) is 2. The van der Waals surface area contributed by atoms with Crippen LogP contribution in [0.1, 0.15) is 31.9 Å². The first-order valence-corrected chi connectivity index (χ1v) is 11.8. The molecule has 2 rings (SSSR count). The lowest BCUT2D eigenvalue weighted by Gasteiger charge is -2.19. The molecule has 1 amide bonds. The summed E-state index contributed by atoms with van der Waals surface area (Å²) in [5.74, 6) is -0.0637. The van der Waals surface area contributed by atoms with E-state index in [1.807, 2.05) is 42.5 Å².